The van der Waals surface area contributed by atoms with Crippen LogP contribution < -0.4 is 35.3 Å². The molecule has 0 fully saturated rings. The van der Waals surface area contributed by atoms with Crippen LogP contribution in [0.25, 0.3) is 0 Å². The van der Waals surface area contributed by atoms with Crippen molar-refractivity contribution in [3.05, 3.63) is 11.1 Å². The maximum Gasteiger partial charge on any atom is 0.412 e. The number of ether oxygens (including phenoxy) is 6. The number of aliphatic hydroxyl groups excluding tert-OH is 1. The highest BCUT2D eigenvalue weighted by molar-refractivity contribution is 5.79. The molecule has 45 heavy (non-hydrogen) atoms. The number of aliphatic hydroxyl groups is 1. The Morgan fingerprint density at radius 2 is 1.24 bits per heavy atom. The molecule has 1 rings (SSSR count). The van der Waals surface area contributed by atoms with Crippen molar-refractivity contribution in [1.82, 2.24) is 10.6 Å². The summed E-state index contributed by atoms with van der Waals surface area (Å²) in [5, 5.41) is 14.1. The van der Waals surface area contributed by atoms with Gasteiger partial charge < -0.3 is 49.9 Å². The number of methoxy groups -OCH3 is 4. The second-order valence-corrected chi connectivity index (χ2v) is 10.4. The summed E-state index contributed by atoms with van der Waals surface area (Å²) in [6, 6.07) is -0.901. The van der Waals surface area contributed by atoms with Gasteiger partial charge in [-0.2, -0.15) is 0 Å². The number of benzene rings is 1. The van der Waals surface area contributed by atoms with E-state index in [9.17, 15) is 19.2 Å². The molecule has 14 heteroatoms. The molecule has 0 aliphatic rings. The lowest BCUT2D eigenvalue weighted by Crippen LogP contribution is -2.37. The number of carbonyl (C=O) groups excluding carboxylic acids is 4. The maximum atomic E-state index is 12.8. The Bertz CT molecular complexity index is 1080. The standard InChI is InChI=1S/C31H51N3O11/c1-21-22(15-12-10-8-6-7-9-11-13-20-35)26(45-30(38)33-18-14-16-24(36)40-2)28(42-4)27(41-3)25(21)44-31(39)34-19-17-23(32)29(37)43-5/h23,35H,6-20,32H2,1-5H3,(H,33,38)(H,34,39). The van der Waals surface area contributed by atoms with Crippen LogP contribution in [0.5, 0.6) is 23.0 Å². The molecule has 0 bridgehead atoms. The highest BCUT2D eigenvalue weighted by Crippen LogP contribution is 2.50. The first-order chi connectivity index (χ1) is 21.6. The van der Waals surface area contributed by atoms with Crippen LogP contribution in [-0.2, 0) is 25.5 Å². The Hall–Kier alpha value is -3.78. The fraction of sp³-hybridized carbons (Fsp3) is 0.677. The third-order valence-electron chi connectivity index (χ3n) is 7.10. The first-order valence-electron chi connectivity index (χ1n) is 15.3. The third kappa shape index (κ3) is 14.2. The fourth-order valence-corrected chi connectivity index (χ4v) is 4.58. The van der Waals surface area contributed by atoms with Crippen molar-refractivity contribution < 1.29 is 52.7 Å². The number of hydrogen-bond acceptors (Lipinski definition) is 12. The second-order valence-electron chi connectivity index (χ2n) is 10.4. The zero-order chi connectivity index (χ0) is 33.6. The van der Waals surface area contributed by atoms with Crippen LogP contribution in [0.4, 0.5) is 9.59 Å². The molecule has 14 nitrogen and oxygen atoms in total. The number of carbonyl (C=O) groups is 4. The smallest absolute Gasteiger partial charge is 0.412 e. The van der Waals surface area contributed by atoms with Gasteiger partial charge in [-0.1, -0.05) is 38.5 Å². The van der Waals surface area contributed by atoms with E-state index in [1.165, 1.54) is 28.4 Å². The van der Waals surface area contributed by atoms with E-state index >= 15 is 0 Å². The average Bonchev–Trinajstić information content (AvgIpc) is 3.03. The van der Waals surface area contributed by atoms with Gasteiger partial charge in [-0.25, -0.2) is 9.59 Å². The van der Waals surface area contributed by atoms with Gasteiger partial charge in [0.2, 0.25) is 11.5 Å². The molecule has 1 atom stereocenters. The van der Waals surface area contributed by atoms with E-state index in [4.69, 9.17) is 29.8 Å². The minimum atomic E-state index is -0.901. The minimum Gasteiger partial charge on any atom is -0.490 e. The number of nitrogens with two attached hydrogens (primary N) is 1. The molecule has 5 N–H and O–H groups in total. The first-order valence-corrected chi connectivity index (χ1v) is 15.3. The summed E-state index contributed by atoms with van der Waals surface area (Å²) in [7, 11) is 5.28. The van der Waals surface area contributed by atoms with E-state index in [0.29, 0.717) is 24.0 Å². The van der Waals surface area contributed by atoms with Crippen molar-refractivity contribution in [2.45, 2.75) is 90.0 Å². The van der Waals surface area contributed by atoms with Crippen LogP contribution in [0.1, 0.15) is 81.8 Å². The van der Waals surface area contributed by atoms with Crippen LogP contribution in [0.2, 0.25) is 0 Å². The molecule has 0 aromatic heterocycles. The molecule has 2 amide bonds. The van der Waals surface area contributed by atoms with Crippen molar-refractivity contribution in [2.75, 3.05) is 48.1 Å². The zero-order valence-electron chi connectivity index (χ0n) is 27.3. The van der Waals surface area contributed by atoms with E-state index in [1.807, 2.05) is 0 Å². The molecule has 0 saturated heterocycles. The molecule has 0 aliphatic heterocycles. The quantitative estimate of drug-likeness (QED) is 0.106. The molecular weight excluding hydrogens is 590 g/mol. The summed E-state index contributed by atoms with van der Waals surface area (Å²) >= 11 is 0. The van der Waals surface area contributed by atoms with E-state index in [-0.39, 0.29) is 61.5 Å². The maximum absolute atomic E-state index is 12.8. The van der Waals surface area contributed by atoms with Gasteiger partial charge in [0.25, 0.3) is 0 Å². The molecule has 0 saturated carbocycles. The van der Waals surface area contributed by atoms with Crippen molar-refractivity contribution in [3.8, 4) is 23.0 Å². The highest BCUT2D eigenvalue weighted by atomic mass is 16.6. The SMILES string of the molecule is COC(=O)CCCNC(=O)Oc1c(CCCCCCCCCCO)c(C)c(OC(=O)NCCC(N)C(=O)OC)c(OC)c1OC. The van der Waals surface area contributed by atoms with E-state index < -0.39 is 24.2 Å². The van der Waals surface area contributed by atoms with E-state index in [1.54, 1.807) is 6.92 Å². The topological polar surface area (TPSA) is 194 Å². The predicted octanol–water partition coefficient (Wildman–Crippen LogP) is 3.69. The van der Waals surface area contributed by atoms with Crippen LogP contribution in [-0.4, -0.2) is 83.4 Å². The number of unbranched alkanes of at least 4 members (excludes halogenated alkanes) is 7. The number of amides is 2. The van der Waals surface area contributed by atoms with Gasteiger partial charge in [-0.3, -0.25) is 9.59 Å². The third-order valence-corrected chi connectivity index (χ3v) is 7.10. The molecule has 0 radical (unpaired) electrons. The van der Waals surface area contributed by atoms with Crippen LogP contribution >= 0.6 is 0 Å². The van der Waals surface area contributed by atoms with Crippen LogP contribution in [0, 0.1) is 6.92 Å². The lowest BCUT2D eigenvalue weighted by molar-refractivity contribution is -0.142. The largest absolute Gasteiger partial charge is 0.490 e. The second kappa shape index (κ2) is 22.7. The molecule has 256 valence electrons. The Labute approximate surface area is 265 Å². The summed E-state index contributed by atoms with van der Waals surface area (Å²) < 4.78 is 31.8. The van der Waals surface area contributed by atoms with Crippen LogP contribution in [0.15, 0.2) is 0 Å². The molecule has 1 aromatic rings. The fourth-order valence-electron chi connectivity index (χ4n) is 4.58. The number of esters is 2. The van der Waals surface area contributed by atoms with Crippen LogP contribution in [0.3, 0.4) is 0 Å². The Morgan fingerprint density at radius 3 is 1.80 bits per heavy atom. The Morgan fingerprint density at radius 1 is 0.711 bits per heavy atom. The van der Waals surface area contributed by atoms with E-state index in [2.05, 4.69) is 20.1 Å². The van der Waals surface area contributed by atoms with Gasteiger partial charge in [0, 0.05) is 37.2 Å². The van der Waals surface area contributed by atoms with Gasteiger partial charge in [-0.05, 0) is 39.0 Å². The predicted molar refractivity (Wildman–Crippen MR) is 166 cm³/mol. The van der Waals surface area contributed by atoms with Gasteiger partial charge in [0.15, 0.2) is 11.5 Å². The summed E-state index contributed by atoms with van der Waals surface area (Å²) in [6.07, 6.45) is 7.36. The highest BCUT2D eigenvalue weighted by Gasteiger charge is 2.29. The Balaban J connectivity index is 3.16. The molecule has 1 unspecified atom stereocenters. The Kier molecular flexibility index (Phi) is 19.8. The van der Waals surface area contributed by atoms with Crippen molar-refractivity contribution in [2.24, 2.45) is 5.73 Å². The van der Waals surface area contributed by atoms with Crippen molar-refractivity contribution in [1.29, 1.82) is 0 Å². The summed E-state index contributed by atoms with van der Waals surface area (Å²) in [5.74, 6) is -0.627. The molecule has 0 heterocycles. The van der Waals surface area contributed by atoms with Crippen molar-refractivity contribution in [3.63, 3.8) is 0 Å². The van der Waals surface area contributed by atoms with Gasteiger partial charge in [0.05, 0.1) is 28.4 Å². The first kappa shape index (κ1) is 39.2. The number of hydrogen-bond donors (Lipinski definition) is 4. The molecular formula is C31H51N3O11. The monoisotopic (exact) mass is 641 g/mol. The lowest BCUT2D eigenvalue weighted by atomic mass is 9.98. The molecule has 0 aliphatic carbocycles. The van der Waals surface area contributed by atoms with E-state index in [0.717, 1.165) is 51.4 Å². The summed E-state index contributed by atoms with van der Waals surface area (Å²) in [5.41, 5.74) is 6.86. The zero-order valence-corrected chi connectivity index (χ0v) is 27.3. The van der Waals surface area contributed by atoms with Crippen molar-refractivity contribution >= 4 is 24.1 Å². The molecule has 0 spiro atoms. The molecule has 1 aromatic carbocycles. The lowest BCUT2D eigenvalue weighted by Gasteiger charge is -2.22. The van der Waals surface area contributed by atoms with Gasteiger partial charge in [0.1, 0.15) is 6.04 Å². The average molecular weight is 642 g/mol. The number of nitrogens with one attached hydrogen (secondary N) is 2. The number of rotatable bonds is 22. The summed E-state index contributed by atoms with van der Waals surface area (Å²) in [6.45, 7) is 2.19. The summed E-state index contributed by atoms with van der Waals surface area (Å²) in [4.78, 5) is 48.4. The van der Waals surface area contributed by atoms with Gasteiger partial charge >= 0.3 is 24.1 Å². The minimum absolute atomic E-state index is 0.0523. The normalized spacial score (nSPS) is 11.3. The van der Waals surface area contributed by atoms with Gasteiger partial charge in [-0.15, -0.1) is 0 Å².